The molecule has 0 saturated carbocycles. The maximum absolute atomic E-state index is 13.1. The zero-order valence-corrected chi connectivity index (χ0v) is 12.3. The summed E-state index contributed by atoms with van der Waals surface area (Å²) in [5, 5.41) is 10.3. The number of hydrogen-bond acceptors (Lipinski definition) is 3. The van der Waals surface area contributed by atoms with Crippen LogP contribution in [0, 0.1) is 12.7 Å². The van der Waals surface area contributed by atoms with Gasteiger partial charge in [0.1, 0.15) is 22.9 Å². The van der Waals surface area contributed by atoms with Crippen molar-refractivity contribution in [2.75, 3.05) is 0 Å². The molecule has 112 valence electrons. The summed E-state index contributed by atoms with van der Waals surface area (Å²) in [6.07, 6.45) is 0.612. The summed E-state index contributed by atoms with van der Waals surface area (Å²) in [5.41, 5.74) is 1.89. The van der Waals surface area contributed by atoms with Gasteiger partial charge in [-0.1, -0.05) is 19.1 Å². The number of fused-ring (bicyclic) bond motifs is 1. The van der Waals surface area contributed by atoms with E-state index in [1.54, 1.807) is 25.1 Å². The summed E-state index contributed by atoms with van der Waals surface area (Å²) >= 11 is 0. The first-order chi connectivity index (χ1) is 10.5. The minimum absolute atomic E-state index is 0.118. The van der Waals surface area contributed by atoms with Crippen molar-refractivity contribution < 1.29 is 13.9 Å². The minimum Gasteiger partial charge on any atom is -0.508 e. The number of rotatable bonds is 2. The van der Waals surface area contributed by atoms with E-state index in [4.69, 9.17) is 4.42 Å². The van der Waals surface area contributed by atoms with Gasteiger partial charge in [-0.05, 0) is 42.7 Å². The first kappa shape index (κ1) is 14.3. The van der Waals surface area contributed by atoms with Gasteiger partial charge in [-0.15, -0.1) is 0 Å². The standard InChI is InChI=1S/C18H15FO3/c1-3-11-8-14-16(9-15(11)20)22-10(2)17(18(14)21)12-4-6-13(19)7-5-12/h4-9,20H,3H2,1-2H3. The monoisotopic (exact) mass is 298 g/mol. The Hall–Kier alpha value is -2.62. The highest BCUT2D eigenvalue weighted by atomic mass is 19.1. The van der Waals surface area contributed by atoms with Crippen LogP contribution in [0.25, 0.3) is 22.1 Å². The van der Waals surface area contributed by atoms with Gasteiger partial charge in [0, 0.05) is 6.07 Å². The van der Waals surface area contributed by atoms with E-state index in [-0.39, 0.29) is 17.0 Å². The Bertz CT molecular complexity index is 908. The van der Waals surface area contributed by atoms with Crippen LogP contribution in [-0.2, 0) is 6.42 Å². The molecule has 2 aromatic carbocycles. The van der Waals surface area contributed by atoms with Crippen LogP contribution in [-0.4, -0.2) is 5.11 Å². The van der Waals surface area contributed by atoms with Gasteiger partial charge >= 0.3 is 0 Å². The average molecular weight is 298 g/mol. The van der Waals surface area contributed by atoms with Crippen LogP contribution >= 0.6 is 0 Å². The Morgan fingerprint density at radius 2 is 1.86 bits per heavy atom. The molecule has 1 heterocycles. The summed E-state index contributed by atoms with van der Waals surface area (Å²) in [6, 6.07) is 8.86. The van der Waals surface area contributed by atoms with Crippen LogP contribution in [0.15, 0.2) is 45.6 Å². The maximum Gasteiger partial charge on any atom is 0.200 e. The van der Waals surface area contributed by atoms with E-state index >= 15 is 0 Å². The van der Waals surface area contributed by atoms with Crippen molar-refractivity contribution in [1.29, 1.82) is 0 Å². The van der Waals surface area contributed by atoms with Gasteiger partial charge in [0.05, 0.1) is 10.9 Å². The number of aryl methyl sites for hydroxylation is 2. The second-order valence-corrected chi connectivity index (χ2v) is 5.20. The van der Waals surface area contributed by atoms with Gasteiger partial charge in [-0.2, -0.15) is 0 Å². The molecular weight excluding hydrogens is 283 g/mol. The molecule has 0 bridgehead atoms. The second kappa shape index (κ2) is 5.30. The molecule has 0 fully saturated rings. The molecule has 0 aliphatic rings. The first-order valence-electron chi connectivity index (χ1n) is 7.06. The quantitative estimate of drug-likeness (QED) is 0.772. The zero-order valence-electron chi connectivity index (χ0n) is 12.3. The molecule has 22 heavy (non-hydrogen) atoms. The molecule has 4 heteroatoms. The minimum atomic E-state index is -0.357. The van der Waals surface area contributed by atoms with Gasteiger partial charge in [-0.25, -0.2) is 4.39 Å². The largest absolute Gasteiger partial charge is 0.508 e. The second-order valence-electron chi connectivity index (χ2n) is 5.20. The van der Waals surface area contributed by atoms with Crippen LogP contribution in [0.1, 0.15) is 18.2 Å². The Labute approximate surface area is 126 Å². The van der Waals surface area contributed by atoms with E-state index < -0.39 is 0 Å². The third-order valence-corrected chi connectivity index (χ3v) is 3.78. The summed E-state index contributed by atoms with van der Waals surface area (Å²) in [6.45, 7) is 3.59. The normalized spacial score (nSPS) is 11.0. The van der Waals surface area contributed by atoms with Gasteiger partial charge < -0.3 is 9.52 Å². The topological polar surface area (TPSA) is 50.4 Å². The van der Waals surface area contributed by atoms with Crippen molar-refractivity contribution in [3.8, 4) is 16.9 Å². The lowest BCUT2D eigenvalue weighted by atomic mass is 10.0. The molecule has 3 nitrogen and oxygen atoms in total. The molecule has 0 aliphatic heterocycles. The van der Waals surface area contributed by atoms with Crippen molar-refractivity contribution in [2.24, 2.45) is 0 Å². The Morgan fingerprint density at radius 1 is 1.18 bits per heavy atom. The third-order valence-electron chi connectivity index (χ3n) is 3.78. The predicted octanol–water partition coefficient (Wildman–Crippen LogP) is 4.18. The van der Waals surface area contributed by atoms with Crippen molar-refractivity contribution in [1.82, 2.24) is 0 Å². The molecule has 0 aliphatic carbocycles. The van der Waals surface area contributed by atoms with Crippen molar-refractivity contribution in [2.45, 2.75) is 20.3 Å². The van der Waals surface area contributed by atoms with Crippen LogP contribution in [0.4, 0.5) is 4.39 Å². The highest BCUT2D eigenvalue weighted by Gasteiger charge is 2.15. The van der Waals surface area contributed by atoms with Crippen molar-refractivity contribution in [3.63, 3.8) is 0 Å². The summed E-state index contributed by atoms with van der Waals surface area (Å²) < 4.78 is 18.8. The van der Waals surface area contributed by atoms with Gasteiger partial charge in [-0.3, -0.25) is 4.79 Å². The molecule has 3 rings (SSSR count). The number of halogens is 1. The zero-order chi connectivity index (χ0) is 15.9. The van der Waals surface area contributed by atoms with E-state index in [9.17, 15) is 14.3 Å². The molecule has 0 spiro atoms. The molecule has 0 saturated heterocycles. The molecule has 1 aromatic heterocycles. The fourth-order valence-corrected chi connectivity index (χ4v) is 2.62. The summed E-state index contributed by atoms with van der Waals surface area (Å²) in [5.74, 6) is 0.199. The number of hydrogen-bond donors (Lipinski definition) is 1. The van der Waals surface area contributed by atoms with Crippen molar-refractivity contribution in [3.05, 3.63) is 63.8 Å². The van der Waals surface area contributed by atoms with Gasteiger partial charge in [0.15, 0.2) is 0 Å². The van der Waals surface area contributed by atoms with E-state index in [2.05, 4.69) is 0 Å². The summed E-state index contributed by atoms with van der Waals surface area (Å²) in [7, 11) is 0. The molecule has 3 aromatic rings. The number of benzene rings is 2. The van der Waals surface area contributed by atoms with E-state index in [0.29, 0.717) is 39.8 Å². The smallest absolute Gasteiger partial charge is 0.200 e. The van der Waals surface area contributed by atoms with Crippen molar-refractivity contribution >= 4 is 11.0 Å². The SMILES string of the molecule is CCc1cc2c(=O)c(-c3ccc(F)cc3)c(C)oc2cc1O. The number of phenolic OH excluding ortho intramolecular Hbond substituents is 1. The van der Waals surface area contributed by atoms with E-state index in [0.717, 1.165) is 0 Å². The third kappa shape index (κ3) is 2.26. The molecule has 0 atom stereocenters. The molecular formula is C18H15FO3. The van der Waals surface area contributed by atoms with Gasteiger partial charge in [0.2, 0.25) is 5.43 Å². The van der Waals surface area contributed by atoms with Gasteiger partial charge in [0.25, 0.3) is 0 Å². The lowest BCUT2D eigenvalue weighted by molar-refractivity contribution is 0.467. The van der Waals surface area contributed by atoms with E-state index in [1.807, 2.05) is 6.92 Å². The summed E-state index contributed by atoms with van der Waals surface area (Å²) in [4.78, 5) is 12.8. The van der Waals surface area contributed by atoms with Crippen LogP contribution in [0.2, 0.25) is 0 Å². The lowest BCUT2D eigenvalue weighted by Crippen LogP contribution is -2.08. The highest BCUT2D eigenvalue weighted by Crippen LogP contribution is 2.28. The fourth-order valence-electron chi connectivity index (χ4n) is 2.62. The van der Waals surface area contributed by atoms with Crippen LogP contribution in [0.3, 0.4) is 0 Å². The Balaban J connectivity index is 2.34. The lowest BCUT2D eigenvalue weighted by Gasteiger charge is -2.09. The molecule has 1 N–H and O–H groups in total. The molecule has 0 amide bonds. The Kier molecular flexibility index (Phi) is 3.45. The number of aromatic hydroxyl groups is 1. The molecule has 0 radical (unpaired) electrons. The average Bonchev–Trinajstić information content (AvgIpc) is 2.48. The van der Waals surface area contributed by atoms with Crippen LogP contribution < -0.4 is 5.43 Å². The first-order valence-corrected chi connectivity index (χ1v) is 7.06. The van der Waals surface area contributed by atoms with Crippen LogP contribution in [0.5, 0.6) is 5.75 Å². The fraction of sp³-hybridized carbons (Fsp3) is 0.167. The Morgan fingerprint density at radius 3 is 2.50 bits per heavy atom. The van der Waals surface area contributed by atoms with E-state index in [1.165, 1.54) is 18.2 Å². The number of phenols is 1. The molecule has 0 unspecified atom stereocenters. The predicted molar refractivity (Wildman–Crippen MR) is 83.7 cm³/mol. The highest BCUT2D eigenvalue weighted by molar-refractivity contribution is 5.84. The maximum atomic E-state index is 13.1.